The molecule has 1 N–H and O–H groups in total. The summed E-state index contributed by atoms with van der Waals surface area (Å²) in [6, 6.07) is 5.72. The van der Waals surface area contributed by atoms with Crippen LogP contribution in [0.3, 0.4) is 0 Å². The standard InChI is InChI=1S/C8H6N4/c1-5-2-3-6-7(4-9)11-12-8(6)10-5/h2-3H,1H3,(H,10,11,12). The maximum atomic E-state index is 8.64. The van der Waals surface area contributed by atoms with Crippen LogP contribution in [-0.4, -0.2) is 15.2 Å². The summed E-state index contributed by atoms with van der Waals surface area (Å²) >= 11 is 0. The van der Waals surface area contributed by atoms with Gasteiger partial charge in [-0.1, -0.05) is 0 Å². The molecule has 2 heterocycles. The number of aryl methyl sites for hydroxylation is 1. The number of fused-ring (bicyclic) bond motifs is 1. The first-order chi connectivity index (χ1) is 5.81. The molecule has 4 heteroatoms. The zero-order chi connectivity index (χ0) is 8.55. The Morgan fingerprint density at radius 3 is 3.08 bits per heavy atom. The maximum Gasteiger partial charge on any atom is 0.182 e. The number of aromatic nitrogens is 3. The molecule has 4 nitrogen and oxygen atoms in total. The van der Waals surface area contributed by atoms with Gasteiger partial charge in [0.05, 0.1) is 5.39 Å². The van der Waals surface area contributed by atoms with Crippen LogP contribution in [0.25, 0.3) is 11.0 Å². The molecule has 12 heavy (non-hydrogen) atoms. The molecule has 0 spiro atoms. The molecule has 58 valence electrons. The lowest BCUT2D eigenvalue weighted by Gasteiger charge is -1.88. The predicted octanol–water partition coefficient (Wildman–Crippen LogP) is 1.14. The van der Waals surface area contributed by atoms with Crippen LogP contribution in [0.1, 0.15) is 11.4 Å². The maximum absolute atomic E-state index is 8.64. The molecule has 0 aliphatic heterocycles. The van der Waals surface area contributed by atoms with Crippen molar-refractivity contribution in [3.8, 4) is 6.07 Å². The van der Waals surface area contributed by atoms with Crippen LogP contribution in [0.5, 0.6) is 0 Å². The van der Waals surface area contributed by atoms with E-state index in [1.807, 2.05) is 25.1 Å². The Kier molecular flexibility index (Phi) is 1.31. The Bertz CT molecular complexity index is 463. The van der Waals surface area contributed by atoms with Gasteiger partial charge >= 0.3 is 0 Å². The molecule has 0 unspecified atom stereocenters. The van der Waals surface area contributed by atoms with Crippen LogP contribution in [-0.2, 0) is 0 Å². The van der Waals surface area contributed by atoms with Gasteiger partial charge in [0.15, 0.2) is 5.65 Å². The number of nitrogens with zero attached hydrogens (tertiary/aromatic N) is 3. The van der Waals surface area contributed by atoms with E-state index in [1.54, 1.807) is 0 Å². The predicted molar refractivity (Wildman–Crippen MR) is 43.3 cm³/mol. The van der Waals surface area contributed by atoms with Crippen molar-refractivity contribution in [1.82, 2.24) is 15.2 Å². The summed E-state index contributed by atoms with van der Waals surface area (Å²) < 4.78 is 0. The highest BCUT2D eigenvalue weighted by atomic mass is 15.1. The zero-order valence-corrected chi connectivity index (χ0v) is 6.50. The minimum absolute atomic E-state index is 0.470. The van der Waals surface area contributed by atoms with Crippen molar-refractivity contribution in [3.05, 3.63) is 23.5 Å². The van der Waals surface area contributed by atoms with Gasteiger partial charge in [0.2, 0.25) is 0 Å². The number of aromatic amines is 1. The largest absolute Gasteiger partial charge is 0.265 e. The fourth-order valence-corrected chi connectivity index (χ4v) is 1.08. The third-order valence-corrected chi connectivity index (χ3v) is 1.67. The van der Waals surface area contributed by atoms with Crippen molar-refractivity contribution in [1.29, 1.82) is 5.26 Å². The van der Waals surface area contributed by atoms with Gasteiger partial charge in [-0.3, -0.25) is 5.10 Å². The van der Waals surface area contributed by atoms with Crippen LogP contribution in [0.2, 0.25) is 0 Å². The summed E-state index contributed by atoms with van der Waals surface area (Å²) in [5.41, 5.74) is 1.97. The van der Waals surface area contributed by atoms with Gasteiger partial charge in [0, 0.05) is 5.69 Å². The first-order valence-corrected chi connectivity index (χ1v) is 3.53. The minimum Gasteiger partial charge on any atom is -0.265 e. The highest BCUT2D eigenvalue weighted by Crippen LogP contribution is 2.12. The van der Waals surface area contributed by atoms with Gasteiger partial charge < -0.3 is 0 Å². The fraction of sp³-hybridized carbons (Fsp3) is 0.125. The Labute approximate surface area is 68.9 Å². The van der Waals surface area contributed by atoms with E-state index in [-0.39, 0.29) is 0 Å². The van der Waals surface area contributed by atoms with Crippen molar-refractivity contribution in [3.63, 3.8) is 0 Å². The van der Waals surface area contributed by atoms with E-state index in [0.717, 1.165) is 11.1 Å². The van der Waals surface area contributed by atoms with Gasteiger partial charge in [-0.15, -0.1) is 0 Å². The lowest BCUT2D eigenvalue weighted by molar-refractivity contribution is 1.07. The van der Waals surface area contributed by atoms with Crippen molar-refractivity contribution >= 4 is 11.0 Å². The molecular weight excluding hydrogens is 152 g/mol. The number of hydrogen-bond acceptors (Lipinski definition) is 3. The molecule has 0 aromatic carbocycles. The Balaban J connectivity index is 2.84. The quantitative estimate of drug-likeness (QED) is 0.625. The number of hydrogen-bond donors (Lipinski definition) is 1. The molecule has 2 rings (SSSR count). The lowest BCUT2D eigenvalue weighted by Crippen LogP contribution is -1.80. The second kappa shape index (κ2) is 2.31. The SMILES string of the molecule is Cc1ccc2c(C#N)[nH]nc2n1. The molecule has 0 aliphatic carbocycles. The molecule has 0 bridgehead atoms. The summed E-state index contributed by atoms with van der Waals surface area (Å²) in [7, 11) is 0. The van der Waals surface area contributed by atoms with E-state index in [0.29, 0.717) is 11.3 Å². The lowest BCUT2D eigenvalue weighted by atomic mass is 10.2. The summed E-state index contributed by atoms with van der Waals surface area (Å²) in [6.45, 7) is 1.89. The van der Waals surface area contributed by atoms with Gasteiger partial charge in [0.1, 0.15) is 11.8 Å². The van der Waals surface area contributed by atoms with E-state index >= 15 is 0 Å². The summed E-state index contributed by atoms with van der Waals surface area (Å²) in [4.78, 5) is 4.15. The second-order valence-electron chi connectivity index (χ2n) is 2.53. The van der Waals surface area contributed by atoms with Gasteiger partial charge in [-0.05, 0) is 19.1 Å². The molecule has 0 fully saturated rings. The number of nitriles is 1. The molecule has 2 aromatic heterocycles. The normalized spacial score (nSPS) is 10.0. The van der Waals surface area contributed by atoms with E-state index in [2.05, 4.69) is 15.2 Å². The molecule has 0 radical (unpaired) electrons. The highest BCUT2D eigenvalue weighted by Gasteiger charge is 2.03. The molecule has 0 aliphatic rings. The van der Waals surface area contributed by atoms with Gasteiger partial charge in [-0.2, -0.15) is 10.4 Å². The fourth-order valence-electron chi connectivity index (χ4n) is 1.08. The van der Waals surface area contributed by atoms with Crippen molar-refractivity contribution in [2.24, 2.45) is 0 Å². The summed E-state index contributed by atoms with van der Waals surface area (Å²) in [6.07, 6.45) is 0. The molecule has 0 amide bonds. The van der Waals surface area contributed by atoms with Gasteiger partial charge in [0.25, 0.3) is 0 Å². The third kappa shape index (κ3) is 0.839. The Hall–Kier alpha value is -1.89. The minimum atomic E-state index is 0.470. The molecule has 0 saturated heterocycles. The van der Waals surface area contributed by atoms with E-state index in [9.17, 15) is 0 Å². The number of nitrogens with one attached hydrogen (secondary N) is 1. The average Bonchev–Trinajstić information content (AvgIpc) is 2.46. The highest BCUT2D eigenvalue weighted by molar-refractivity contribution is 5.80. The number of pyridine rings is 1. The summed E-state index contributed by atoms with van der Waals surface area (Å²) in [5, 5.41) is 15.9. The van der Waals surface area contributed by atoms with E-state index in [4.69, 9.17) is 5.26 Å². The van der Waals surface area contributed by atoms with Crippen molar-refractivity contribution in [2.45, 2.75) is 6.92 Å². The first kappa shape index (κ1) is 6.80. The third-order valence-electron chi connectivity index (χ3n) is 1.67. The zero-order valence-electron chi connectivity index (χ0n) is 6.50. The van der Waals surface area contributed by atoms with Crippen LogP contribution >= 0.6 is 0 Å². The Morgan fingerprint density at radius 1 is 1.50 bits per heavy atom. The van der Waals surface area contributed by atoms with Crippen LogP contribution in [0.4, 0.5) is 0 Å². The molecule has 0 saturated carbocycles. The van der Waals surface area contributed by atoms with Crippen LogP contribution in [0, 0.1) is 18.3 Å². The van der Waals surface area contributed by atoms with Gasteiger partial charge in [-0.25, -0.2) is 4.98 Å². The van der Waals surface area contributed by atoms with Crippen molar-refractivity contribution in [2.75, 3.05) is 0 Å². The number of H-pyrrole nitrogens is 1. The van der Waals surface area contributed by atoms with Crippen LogP contribution < -0.4 is 0 Å². The smallest absolute Gasteiger partial charge is 0.182 e. The van der Waals surface area contributed by atoms with E-state index < -0.39 is 0 Å². The number of rotatable bonds is 0. The second-order valence-corrected chi connectivity index (χ2v) is 2.53. The monoisotopic (exact) mass is 158 g/mol. The average molecular weight is 158 g/mol. The molecule has 0 atom stereocenters. The topological polar surface area (TPSA) is 65.4 Å². The van der Waals surface area contributed by atoms with E-state index in [1.165, 1.54) is 0 Å². The molecule has 2 aromatic rings. The van der Waals surface area contributed by atoms with Crippen molar-refractivity contribution < 1.29 is 0 Å². The Morgan fingerprint density at radius 2 is 2.33 bits per heavy atom. The summed E-state index contributed by atoms with van der Waals surface area (Å²) in [5.74, 6) is 0. The molecular formula is C8H6N4. The first-order valence-electron chi connectivity index (χ1n) is 3.53. The van der Waals surface area contributed by atoms with Crippen LogP contribution in [0.15, 0.2) is 12.1 Å².